The number of nitrogens with zero attached hydrogens (tertiary/aromatic N) is 1. The number of aromatic amines is 1. The fourth-order valence-electron chi connectivity index (χ4n) is 3.05. The highest BCUT2D eigenvalue weighted by atomic mass is 15.1. The molecule has 0 atom stereocenters. The lowest BCUT2D eigenvalue weighted by Gasteiger charge is -2.20. The highest BCUT2D eigenvalue weighted by Gasteiger charge is 2.18. The van der Waals surface area contributed by atoms with Crippen molar-refractivity contribution in [2.45, 2.75) is 39.5 Å². The fraction of sp³-hybridized carbons (Fsp3) is 0.471. The van der Waals surface area contributed by atoms with Crippen LogP contribution in [0.1, 0.15) is 41.1 Å². The van der Waals surface area contributed by atoms with Crippen molar-refractivity contribution in [1.29, 1.82) is 0 Å². The average Bonchev–Trinajstić information content (AvgIpc) is 2.93. The molecular formula is C17H23N3. The second-order valence-electron chi connectivity index (χ2n) is 5.98. The van der Waals surface area contributed by atoms with Crippen molar-refractivity contribution in [2.75, 3.05) is 13.1 Å². The van der Waals surface area contributed by atoms with Crippen molar-refractivity contribution in [2.24, 2.45) is 0 Å². The van der Waals surface area contributed by atoms with Crippen molar-refractivity contribution in [3.8, 4) is 11.3 Å². The lowest BCUT2D eigenvalue weighted by Crippen LogP contribution is -2.26. The van der Waals surface area contributed by atoms with Crippen LogP contribution in [0.15, 0.2) is 18.2 Å². The van der Waals surface area contributed by atoms with E-state index in [1.54, 1.807) is 0 Å². The van der Waals surface area contributed by atoms with Crippen LogP contribution in [0.2, 0.25) is 0 Å². The van der Waals surface area contributed by atoms with Crippen LogP contribution >= 0.6 is 0 Å². The first kappa shape index (κ1) is 13.4. The molecule has 1 fully saturated rings. The van der Waals surface area contributed by atoms with Crippen molar-refractivity contribution < 1.29 is 0 Å². The van der Waals surface area contributed by atoms with Gasteiger partial charge in [0.05, 0.1) is 5.69 Å². The van der Waals surface area contributed by atoms with Crippen molar-refractivity contribution >= 4 is 0 Å². The summed E-state index contributed by atoms with van der Waals surface area (Å²) in [6.07, 6.45) is 2.40. The minimum absolute atomic E-state index is 0.629. The van der Waals surface area contributed by atoms with Gasteiger partial charge in [0.1, 0.15) is 0 Å². The molecule has 0 saturated carbocycles. The van der Waals surface area contributed by atoms with Gasteiger partial charge >= 0.3 is 0 Å². The van der Waals surface area contributed by atoms with Crippen LogP contribution in [-0.4, -0.2) is 23.3 Å². The highest BCUT2D eigenvalue weighted by Crippen LogP contribution is 2.29. The molecule has 20 heavy (non-hydrogen) atoms. The molecule has 0 amide bonds. The average molecular weight is 269 g/mol. The first-order chi connectivity index (χ1) is 9.65. The van der Waals surface area contributed by atoms with Crippen LogP contribution in [0.3, 0.4) is 0 Å². The van der Waals surface area contributed by atoms with Crippen molar-refractivity contribution in [1.82, 2.24) is 15.5 Å². The first-order valence-corrected chi connectivity index (χ1v) is 7.49. The second kappa shape index (κ2) is 5.41. The summed E-state index contributed by atoms with van der Waals surface area (Å²) < 4.78 is 0. The molecule has 0 aliphatic carbocycles. The monoisotopic (exact) mass is 269 g/mol. The zero-order valence-corrected chi connectivity index (χ0v) is 12.6. The maximum atomic E-state index is 4.55. The van der Waals surface area contributed by atoms with Gasteiger partial charge in [-0.15, -0.1) is 0 Å². The summed E-state index contributed by atoms with van der Waals surface area (Å²) in [7, 11) is 0. The van der Waals surface area contributed by atoms with Crippen LogP contribution in [0.25, 0.3) is 11.3 Å². The van der Waals surface area contributed by atoms with E-state index in [0.29, 0.717) is 5.92 Å². The number of aryl methyl sites for hydroxylation is 3. The molecule has 3 heteroatoms. The van der Waals surface area contributed by atoms with Gasteiger partial charge in [-0.2, -0.15) is 5.10 Å². The molecule has 3 nitrogen and oxygen atoms in total. The normalized spacial score (nSPS) is 16.6. The van der Waals surface area contributed by atoms with Gasteiger partial charge in [0, 0.05) is 17.2 Å². The van der Waals surface area contributed by atoms with E-state index in [1.807, 2.05) is 0 Å². The molecule has 1 aliphatic rings. The van der Waals surface area contributed by atoms with Crippen LogP contribution in [0.5, 0.6) is 0 Å². The Morgan fingerprint density at radius 2 is 1.65 bits per heavy atom. The Morgan fingerprint density at radius 3 is 2.40 bits per heavy atom. The van der Waals surface area contributed by atoms with Crippen LogP contribution in [0, 0.1) is 20.8 Å². The molecule has 1 aromatic carbocycles. The van der Waals surface area contributed by atoms with Gasteiger partial charge < -0.3 is 5.32 Å². The third-order valence-corrected chi connectivity index (χ3v) is 4.49. The summed E-state index contributed by atoms with van der Waals surface area (Å²) in [4.78, 5) is 0. The Hall–Kier alpha value is -1.61. The van der Waals surface area contributed by atoms with E-state index in [9.17, 15) is 0 Å². The Balaban J connectivity index is 1.91. The highest BCUT2D eigenvalue weighted by molar-refractivity contribution is 5.65. The smallest absolute Gasteiger partial charge is 0.0926 e. The Morgan fingerprint density at radius 1 is 0.950 bits per heavy atom. The largest absolute Gasteiger partial charge is 0.317 e. The van der Waals surface area contributed by atoms with Gasteiger partial charge in [0.2, 0.25) is 0 Å². The molecular weight excluding hydrogens is 246 g/mol. The van der Waals surface area contributed by atoms with E-state index in [1.165, 1.54) is 40.8 Å². The van der Waals surface area contributed by atoms with E-state index in [2.05, 4.69) is 54.5 Å². The van der Waals surface area contributed by atoms with Gasteiger partial charge in [-0.3, -0.25) is 5.10 Å². The molecule has 1 aliphatic heterocycles. The zero-order chi connectivity index (χ0) is 14.1. The van der Waals surface area contributed by atoms with Gasteiger partial charge in [0.15, 0.2) is 0 Å². The predicted octanol–water partition coefficient (Wildman–Crippen LogP) is 3.47. The summed E-state index contributed by atoms with van der Waals surface area (Å²) in [5, 5.41) is 11.2. The van der Waals surface area contributed by atoms with E-state index < -0.39 is 0 Å². The summed E-state index contributed by atoms with van der Waals surface area (Å²) in [5.74, 6) is 0.629. The second-order valence-corrected chi connectivity index (χ2v) is 5.98. The van der Waals surface area contributed by atoms with Crippen LogP contribution in [-0.2, 0) is 0 Å². The maximum Gasteiger partial charge on any atom is 0.0926 e. The van der Waals surface area contributed by atoms with E-state index >= 15 is 0 Å². The Labute approximate surface area is 120 Å². The van der Waals surface area contributed by atoms with Crippen LogP contribution < -0.4 is 5.32 Å². The molecule has 0 bridgehead atoms. The number of piperidine rings is 1. The Bertz CT molecular complexity index is 607. The van der Waals surface area contributed by atoms with E-state index in [4.69, 9.17) is 0 Å². The molecule has 1 aromatic heterocycles. The SMILES string of the molecule is Cc1cc(C)c(-c2cc(C3CCNCC3)[nH]n2)cc1C. The fourth-order valence-corrected chi connectivity index (χ4v) is 3.05. The van der Waals surface area contributed by atoms with Gasteiger partial charge in [-0.1, -0.05) is 6.07 Å². The number of aromatic nitrogens is 2. The molecule has 2 N–H and O–H groups in total. The number of hydrogen-bond donors (Lipinski definition) is 2. The maximum absolute atomic E-state index is 4.55. The molecule has 3 rings (SSSR count). The molecule has 0 spiro atoms. The summed E-state index contributed by atoms with van der Waals surface area (Å²) >= 11 is 0. The molecule has 106 valence electrons. The van der Waals surface area contributed by atoms with Gasteiger partial charge in [0.25, 0.3) is 0 Å². The third-order valence-electron chi connectivity index (χ3n) is 4.49. The third kappa shape index (κ3) is 2.50. The van der Waals surface area contributed by atoms with E-state index in [0.717, 1.165) is 18.8 Å². The topological polar surface area (TPSA) is 40.7 Å². The lowest BCUT2D eigenvalue weighted by molar-refractivity contribution is 0.453. The van der Waals surface area contributed by atoms with E-state index in [-0.39, 0.29) is 0 Å². The molecule has 2 aromatic rings. The Kier molecular flexibility index (Phi) is 3.62. The number of rotatable bonds is 2. The zero-order valence-electron chi connectivity index (χ0n) is 12.6. The standard InChI is InChI=1S/C17H23N3/c1-11-8-13(3)15(9-12(11)2)17-10-16(19-20-17)14-4-6-18-7-5-14/h8-10,14,18H,4-7H2,1-3H3,(H,19,20). The van der Waals surface area contributed by atoms with Crippen LogP contribution in [0.4, 0.5) is 0 Å². The predicted molar refractivity (Wildman–Crippen MR) is 83.1 cm³/mol. The summed E-state index contributed by atoms with van der Waals surface area (Å²) in [5.41, 5.74) is 7.61. The molecule has 0 unspecified atom stereocenters. The first-order valence-electron chi connectivity index (χ1n) is 7.49. The quantitative estimate of drug-likeness (QED) is 0.876. The molecule has 2 heterocycles. The molecule has 0 radical (unpaired) electrons. The van der Waals surface area contributed by atoms with Crippen molar-refractivity contribution in [3.05, 3.63) is 40.6 Å². The number of benzene rings is 1. The number of H-pyrrole nitrogens is 1. The minimum Gasteiger partial charge on any atom is -0.317 e. The summed E-state index contributed by atoms with van der Waals surface area (Å²) in [6.45, 7) is 8.72. The van der Waals surface area contributed by atoms with Gasteiger partial charge in [-0.25, -0.2) is 0 Å². The summed E-state index contributed by atoms with van der Waals surface area (Å²) in [6, 6.07) is 6.75. The minimum atomic E-state index is 0.629. The number of hydrogen-bond acceptors (Lipinski definition) is 2. The van der Waals surface area contributed by atoms with Gasteiger partial charge in [-0.05, 0) is 75.5 Å². The number of nitrogens with one attached hydrogen (secondary N) is 2. The molecule has 1 saturated heterocycles. The van der Waals surface area contributed by atoms with Crippen molar-refractivity contribution in [3.63, 3.8) is 0 Å². The lowest BCUT2D eigenvalue weighted by atomic mass is 9.93.